The lowest BCUT2D eigenvalue weighted by molar-refractivity contribution is 1.57. The number of halogens is 2. The molecule has 2 nitrogen and oxygen atoms in total. The largest absolute Gasteiger partial charge is 0.376 e. The van der Waals surface area contributed by atoms with Crippen molar-refractivity contribution in [3.63, 3.8) is 0 Å². The summed E-state index contributed by atoms with van der Waals surface area (Å²) in [4.78, 5) is 0. The quantitative estimate of drug-likeness (QED) is 0.767. The Hall–Kier alpha value is -0.320. The molecule has 0 heterocycles. The van der Waals surface area contributed by atoms with Gasteiger partial charge in [0.1, 0.15) is 0 Å². The molecular weight excluding hydrogens is 260 g/mol. The predicted molar refractivity (Wildman–Crippen MR) is 59.6 cm³/mol. The number of nitrogens with one attached hydrogen (secondary N) is 1. The van der Waals surface area contributed by atoms with Gasteiger partial charge < -0.3 is 11.1 Å². The Morgan fingerprint density at radius 3 is 2.83 bits per heavy atom. The Balaban J connectivity index is 2.97. The summed E-state index contributed by atoms with van der Waals surface area (Å²) in [5, 5.41) is 3.65. The van der Waals surface area contributed by atoms with E-state index in [1.165, 1.54) is 0 Å². The van der Waals surface area contributed by atoms with Crippen LogP contribution in [0.5, 0.6) is 0 Å². The third-order valence-corrected chi connectivity index (χ3v) is 2.21. The van der Waals surface area contributed by atoms with Crippen molar-refractivity contribution in [2.75, 3.05) is 5.32 Å². The Morgan fingerprint density at radius 1 is 1.58 bits per heavy atom. The zero-order valence-corrected chi connectivity index (χ0v) is 9.13. The van der Waals surface area contributed by atoms with Crippen LogP contribution < -0.4 is 11.1 Å². The lowest BCUT2D eigenvalue weighted by atomic mass is 10.3. The molecule has 1 aromatic rings. The minimum atomic E-state index is 0.220. The normalized spacial score (nSPS) is 9.50. The minimum absolute atomic E-state index is 0.220. The molecule has 0 aliphatic carbocycles. The van der Waals surface area contributed by atoms with Crippen LogP contribution in [0.3, 0.4) is 0 Å². The van der Waals surface area contributed by atoms with Gasteiger partial charge in [-0.2, -0.15) is 0 Å². The van der Waals surface area contributed by atoms with Crippen LogP contribution in [-0.4, -0.2) is 5.11 Å². The second kappa shape index (κ2) is 4.07. The molecule has 0 aliphatic heterocycles. The molecule has 5 heteroatoms. The van der Waals surface area contributed by atoms with Crippen molar-refractivity contribution in [1.29, 1.82) is 0 Å². The summed E-state index contributed by atoms with van der Waals surface area (Å²) in [6.07, 6.45) is 0. The number of thiocarbonyl (C=S) groups is 1. The van der Waals surface area contributed by atoms with Crippen LogP contribution in [0.1, 0.15) is 0 Å². The first-order valence-corrected chi connectivity index (χ1v) is 4.69. The lowest BCUT2D eigenvalue weighted by Gasteiger charge is -2.05. The predicted octanol–water partition coefficient (Wildman–Crippen LogP) is 2.76. The SMILES string of the molecule is NC(=S)Nc1cc(Cl)ccc1Br. The summed E-state index contributed by atoms with van der Waals surface area (Å²) in [6, 6.07) is 5.34. The van der Waals surface area contributed by atoms with Gasteiger partial charge in [-0.05, 0) is 46.3 Å². The molecule has 12 heavy (non-hydrogen) atoms. The van der Waals surface area contributed by atoms with Gasteiger partial charge in [0.15, 0.2) is 5.11 Å². The first kappa shape index (κ1) is 9.77. The molecule has 0 spiro atoms. The van der Waals surface area contributed by atoms with Crippen molar-refractivity contribution < 1.29 is 0 Å². The molecule has 0 unspecified atom stereocenters. The summed E-state index contributed by atoms with van der Waals surface area (Å²) in [6.45, 7) is 0. The molecule has 0 atom stereocenters. The van der Waals surface area contributed by atoms with E-state index in [9.17, 15) is 0 Å². The fourth-order valence-electron chi connectivity index (χ4n) is 0.726. The van der Waals surface area contributed by atoms with E-state index in [1.54, 1.807) is 12.1 Å². The summed E-state index contributed by atoms with van der Waals surface area (Å²) in [5.74, 6) is 0. The van der Waals surface area contributed by atoms with E-state index in [0.717, 1.165) is 10.2 Å². The second-order valence-electron chi connectivity index (χ2n) is 2.11. The standard InChI is InChI=1S/C7H6BrClN2S/c8-5-2-1-4(9)3-6(5)11-7(10)12/h1-3H,(H3,10,11,12). The molecule has 64 valence electrons. The monoisotopic (exact) mass is 264 g/mol. The molecule has 0 aromatic heterocycles. The molecule has 1 rings (SSSR count). The smallest absolute Gasteiger partial charge is 0.168 e. The highest BCUT2D eigenvalue weighted by Crippen LogP contribution is 2.25. The zero-order valence-electron chi connectivity index (χ0n) is 5.97. The van der Waals surface area contributed by atoms with E-state index in [0.29, 0.717) is 5.02 Å². The maximum Gasteiger partial charge on any atom is 0.168 e. The molecule has 0 radical (unpaired) electrons. The van der Waals surface area contributed by atoms with E-state index >= 15 is 0 Å². The number of benzene rings is 1. The molecule has 0 bridgehead atoms. The van der Waals surface area contributed by atoms with Crippen molar-refractivity contribution >= 4 is 50.5 Å². The van der Waals surface area contributed by atoms with E-state index in [-0.39, 0.29) is 5.11 Å². The number of nitrogens with two attached hydrogens (primary N) is 1. The minimum Gasteiger partial charge on any atom is -0.376 e. The van der Waals surface area contributed by atoms with Crippen LogP contribution in [0.2, 0.25) is 5.02 Å². The molecule has 0 saturated carbocycles. The zero-order chi connectivity index (χ0) is 9.14. The fraction of sp³-hybridized carbons (Fsp3) is 0. The van der Waals surface area contributed by atoms with E-state index in [4.69, 9.17) is 17.3 Å². The van der Waals surface area contributed by atoms with Gasteiger partial charge in [0.05, 0.1) is 5.69 Å². The maximum atomic E-state index is 5.76. The first-order chi connectivity index (χ1) is 5.59. The summed E-state index contributed by atoms with van der Waals surface area (Å²) in [7, 11) is 0. The maximum absolute atomic E-state index is 5.76. The summed E-state index contributed by atoms with van der Waals surface area (Å²) >= 11 is 13.8. The Bertz CT molecular complexity index is 316. The Morgan fingerprint density at radius 2 is 2.25 bits per heavy atom. The second-order valence-corrected chi connectivity index (χ2v) is 3.84. The highest BCUT2D eigenvalue weighted by Gasteiger charge is 2.00. The van der Waals surface area contributed by atoms with Crippen molar-refractivity contribution in [2.45, 2.75) is 0 Å². The molecular formula is C7H6BrClN2S. The number of anilines is 1. The molecule has 0 aliphatic rings. The summed E-state index contributed by atoms with van der Waals surface area (Å²) < 4.78 is 0.875. The number of rotatable bonds is 1. The molecule has 0 amide bonds. The average Bonchev–Trinajstić information content (AvgIpc) is 1.96. The van der Waals surface area contributed by atoms with Crippen molar-refractivity contribution in [2.24, 2.45) is 5.73 Å². The summed E-state index contributed by atoms with van der Waals surface area (Å²) in [5.41, 5.74) is 6.07. The third kappa shape index (κ3) is 2.62. The van der Waals surface area contributed by atoms with E-state index in [1.807, 2.05) is 6.07 Å². The molecule has 0 fully saturated rings. The Labute approximate surface area is 89.2 Å². The highest BCUT2D eigenvalue weighted by molar-refractivity contribution is 9.10. The van der Waals surface area contributed by atoms with Crippen LogP contribution in [0.25, 0.3) is 0 Å². The van der Waals surface area contributed by atoms with Gasteiger partial charge in [-0.15, -0.1) is 0 Å². The molecule has 1 aromatic carbocycles. The van der Waals surface area contributed by atoms with Gasteiger partial charge in [0.2, 0.25) is 0 Å². The van der Waals surface area contributed by atoms with E-state index in [2.05, 4.69) is 33.5 Å². The average molecular weight is 266 g/mol. The van der Waals surface area contributed by atoms with Crippen LogP contribution in [0.15, 0.2) is 22.7 Å². The highest BCUT2D eigenvalue weighted by atomic mass is 79.9. The number of hydrogen-bond acceptors (Lipinski definition) is 1. The van der Waals surface area contributed by atoms with Gasteiger partial charge >= 0.3 is 0 Å². The van der Waals surface area contributed by atoms with Gasteiger partial charge in [0.25, 0.3) is 0 Å². The van der Waals surface area contributed by atoms with Crippen molar-refractivity contribution in [3.05, 3.63) is 27.7 Å². The van der Waals surface area contributed by atoms with E-state index < -0.39 is 0 Å². The fourth-order valence-corrected chi connectivity index (χ4v) is 1.35. The third-order valence-electron chi connectivity index (χ3n) is 1.19. The van der Waals surface area contributed by atoms with Crippen LogP contribution >= 0.6 is 39.7 Å². The van der Waals surface area contributed by atoms with Crippen LogP contribution in [-0.2, 0) is 0 Å². The van der Waals surface area contributed by atoms with Crippen molar-refractivity contribution in [1.82, 2.24) is 0 Å². The van der Waals surface area contributed by atoms with Gasteiger partial charge in [-0.25, -0.2) is 0 Å². The van der Waals surface area contributed by atoms with Crippen LogP contribution in [0.4, 0.5) is 5.69 Å². The van der Waals surface area contributed by atoms with Crippen LogP contribution in [0, 0.1) is 0 Å². The van der Waals surface area contributed by atoms with Gasteiger partial charge in [-0.1, -0.05) is 11.6 Å². The molecule has 3 N–H and O–H groups in total. The molecule has 0 saturated heterocycles. The van der Waals surface area contributed by atoms with Gasteiger partial charge in [-0.3, -0.25) is 0 Å². The first-order valence-electron chi connectivity index (χ1n) is 3.11. The topological polar surface area (TPSA) is 38.0 Å². The van der Waals surface area contributed by atoms with Crippen molar-refractivity contribution in [3.8, 4) is 0 Å². The Kier molecular flexibility index (Phi) is 3.31. The lowest BCUT2D eigenvalue weighted by Crippen LogP contribution is -2.19. The van der Waals surface area contributed by atoms with Gasteiger partial charge in [0, 0.05) is 9.50 Å². The number of hydrogen-bond donors (Lipinski definition) is 2.